The van der Waals surface area contributed by atoms with Crippen LogP contribution in [0, 0.1) is 11.8 Å². The Morgan fingerprint density at radius 1 is 1.21 bits per heavy atom. The molecule has 0 spiro atoms. The van der Waals surface area contributed by atoms with Crippen molar-refractivity contribution in [3.05, 3.63) is 35.4 Å². The van der Waals surface area contributed by atoms with Gasteiger partial charge < -0.3 is 5.21 Å². The Balaban J connectivity index is 1.92. The molecule has 1 aromatic rings. The van der Waals surface area contributed by atoms with Crippen LogP contribution < -0.4 is 0 Å². The second kappa shape index (κ2) is 9.21. The van der Waals surface area contributed by atoms with Crippen molar-refractivity contribution in [3.8, 4) is 0 Å². The van der Waals surface area contributed by atoms with Crippen LogP contribution in [0.5, 0.6) is 0 Å². The average molecular weight is 408 g/mol. The Kier molecular flexibility index (Phi) is 7.43. The first-order valence-corrected chi connectivity index (χ1v) is 11.8. The third-order valence-corrected chi connectivity index (χ3v) is 9.21. The molecular formula is C22H33NO4S. The minimum atomic E-state index is -3.13. The highest BCUT2D eigenvalue weighted by molar-refractivity contribution is 7.92. The topological polar surface area (TPSA) is 83.8 Å². The lowest BCUT2D eigenvalue weighted by Gasteiger charge is -2.31. The predicted octanol–water partition coefficient (Wildman–Crippen LogP) is 4.41. The molecule has 1 aliphatic rings. The lowest BCUT2D eigenvalue weighted by Crippen LogP contribution is -2.37. The van der Waals surface area contributed by atoms with Gasteiger partial charge in [-0.25, -0.2) is 8.42 Å². The number of hydrogen-bond acceptors (Lipinski definition) is 5. The first kappa shape index (κ1) is 22.6. The first-order valence-electron chi connectivity index (χ1n) is 10.1. The van der Waals surface area contributed by atoms with Gasteiger partial charge in [0.25, 0.3) is 0 Å². The maximum Gasteiger partial charge on any atom is 0.155 e. The van der Waals surface area contributed by atoms with Crippen molar-refractivity contribution < 1.29 is 18.4 Å². The molecule has 1 saturated carbocycles. The van der Waals surface area contributed by atoms with Crippen molar-refractivity contribution in [1.29, 1.82) is 0 Å². The summed E-state index contributed by atoms with van der Waals surface area (Å²) in [4.78, 5) is 12.7. The van der Waals surface area contributed by atoms with E-state index in [-0.39, 0.29) is 23.4 Å². The zero-order valence-electron chi connectivity index (χ0n) is 17.4. The van der Waals surface area contributed by atoms with Gasteiger partial charge >= 0.3 is 0 Å². The van der Waals surface area contributed by atoms with Crippen LogP contribution in [0.1, 0.15) is 70.9 Å². The summed E-state index contributed by atoms with van der Waals surface area (Å²) >= 11 is 0. The van der Waals surface area contributed by atoms with E-state index < -0.39 is 14.6 Å². The molecule has 28 heavy (non-hydrogen) atoms. The number of carbonyl (C=O) groups is 1. The molecule has 1 N–H and O–H groups in total. The number of oxime groups is 1. The van der Waals surface area contributed by atoms with Gasteiger partial charge in [0.15, 0.2) is 9.84 Å². The largest absolute Gasteiger partial charge is 0.411 e. The van der Waals surface area contributed by atoms with Gasteiger partial charge in [-0.05, 0) is 76.0 Å². The van der Waals surface area contributed by atoms with Crippen LogP contribution in [0.25, 0.3) is 0 Å². The summed E-state index contributed by atoms with van der Waals surface area (Å²) < 4.78 is 24.6. The van der Waals surface area contributed by atoms with E-state index >= 15 is 0 Å². The Labute approximate surface area is 169 Å². The third kappa shape index (κ3) is 5.43. The third-order valence-electron chi connectivity index (χ3n) is 6.32. The number of rotatable bonds is 8. The molecule has 0 amide bonds. The van der Waals surface area contributed by atoms with Crippen LogP contribution in [-0.4, -0.2) is 35.6 Å². The average Bonchev–Trinajstić information content (AvgIpc) is 2.67. The minimum absolute atomic E-state index is 0.00870. The lowest BCUT2D eigenvalue weighted by molar-refractivity contribution is -0.123. The summed E-state index contributed by atoms with van der Waals surface area (Å²) in [5.41, 5.74) is 2.24. The van der Waals surface area contributed by atoms with E-state index in [0.717, 1.165) is 36.8 Å². The fraction of sp³-hybridized carbons (Fsp3) is 0.636. The van der Waals surface area contributed by atoms with Gasteiger partial charge in [-0.3, -0.25) is 4.79 Å². The molecule has 1 aromatic carbocycles. The van der Waals surface area contributed by atoms with Gasteiger partial charge in [0.1, 0.15) is 5.78 Å². The number of benzene rings is 1. The fourth-order valence-corrected chi connectivity index (χ4v) is 5.56. The molecular weight excluding hydrogens is 374 g/mol. The zero-order chi connectivity index (χ0) is 20.9. The Hall–Kier alpha value is -1.69. The van der Waals surface area contributed by atoms with Crippen LogP contribution in [-0.2, 0) is 21.1 Å². The number of sulfone groups is 1. The van der Waals surface area contributed by atoms with Crippen molar-refractivity contribution in [2.75, 3.05) is 5.75 Å². The van der Waals surface area contributed by atoms with Crippen molar-refractivity contribution in [3.63, 3.8) is 0 Å². The zero-order valence-corrected chi connectivity index (χ0v) is 18.3. The summed E-state index contributed by atoms with van der Waals surface area (Å²) in [6.45, 7) is 7.23. The van der Waals surface area contributed by atoms with Crippen LogP contribution in [0.4, 0.5) is 0 Å². The Bertz CT molecular complexity index is 819. The van der Waals surface area contributed by atoms with E-state index in [1.54, 1.807) is 20.8 Å². The first-order chi connectivity index (χ1) is 13.1. The van der Waals surface area contributed by atoms with E-state index in [4.69, 9.17) is 5.21 Å². The quantitative estimate of drug-likeness (QED) is 0.393. The van der Waals surface area contributed by atoms with Crippen molar-refractivity contribution >= 4 is 21.3 Å². The maximum absolute atomic E-state index is 12.7. The lowest BCUT2D eigenvalue weighted by atomic mass is 9.79. The molecule has 0 heterocycles. The summed E-state index contributed by atoms with van der Waals surface area (Å²) in [6.07, 6.45) is 4.11. The molecule has 0 atom stereocenters. The maximum atomic E-state index is 12.7. The predicted molar refractivity (Wildman–Crippen MR) is 113 cm³/mol. The van der Waals surface area contributed by atoms with E-state index in [9.17, 15) is 13.2 Å². The Morgan fingerprint density at radius 3 is 2.43 bits per heavy atom. The highest BCUT2D eigenvalue weighted by Gasteiger charge is 2.36. The van der Waals surface area contributed by atoms with Crippen molar-refractivity contribution in [2.45, 2.75) is 71.0 Å². The van der Waals surface area contributed by atoms with Crippen LogP contribution in [0.2, 0.25) is 0 Å². The number of nitrogens with zero attached hydrogens (tertiary/aromatic N) is 1. The summed E-state index contributed by atoms with van der Waals surface area (Å²) in [5, 5.41) is 12.1. The Morgan fingerprint density at radius 2 is 1.86 bits per heavy atom. The summed E-state index contributed by atoms with van der Waals surface area (Å²) in [6, 6.07) is 7.52. The smallest absolute Gasteiger partial charge is 0.155 e. The highest BCUT2D eigenvalue weighted by Crippen LogP contribution is 2.33. The SMILES string of the molecule is CCC(C)(C)S(=O)(=O)CC1CCC(C(=O)Cc2cccc(C(C)=NO)c2)CC1. The highest BCUT2D eigenvalue weighted by atomic mass is 32.2. The van der Waals surface area contributed by atoms with Gasteiger partial charge in [0, 0.05) is 12.3 Å². The van der Waals surface area contributed by atoms with E-state index in [0.29, 0.717) is 18.6 Å². The van der Waals surface area contributed by atoms with Crippen LogP contribution >= 0.6 is 0 Å². The van der Waals surface area contributed by atoms with E-state index in [2.05, 4.69) is 5.16 Å². The molecule has 1 fully saturated rings. The standard InChI is InChI=1S/C22H33NO4S/c1-5-22(3,4)28(26,27)15-17-9-11-19(12-10-17)21(24)14-18-7-6-8-20(13-18)16(2)23-25/h6-8,13,17,19,25H,5,9-12,14-15H2,1-4H3. The van der Waals surface area contributed by atoms with Crippen molar-refractivity contribution in [1.82, 2.24) is 0 Å². The molecule has 0 bridgehead atoms. The van der Waals surface area contributed by atoms with Gasteiger partial charge in [-0.15, -0.1) is 0 Å². The number of carbonyl (C=O) groups excluding carboxylic acids is 1. The fourth-order valence-electron chi connectivity index (χ4n) is 3.72. The van der Waals surface area contributed by atoms with Gasteiger partial charge in [0.05, 0.1) is 16.2 Å². The van der Waals surface area contributed by atoms with Gasteiger partial charge in [-0.2, -0.15) is 0 Å². The van der Waals surface area contributed by atoms with E-state index in [1.807, 2.05) is 31.2 Å². The van der Waals surface area contributed by atoms with Crippen molar-refractivity contribution in [2.24, 2.45) is 17.0 Å². The molecule has 0 radical (unpaired) electrons. The molecule has 1 aliphatic carbocycles. The number of Topliss-reactive ketones (excluding diaryl/α,β-unsaturated/α-hetero) is 1. The monoisotopic (exact) mass is 407 g/mol. The minimum Gasteiger partial charge on any atom is -0.411 e. The number of ketones is 1. The second-order valence-corrected chi connectivity index (χ2v) is 11.3. The van der Waals surface area contributed by atoms with Crippen LogP contribution in [0.3, 0.4) is 0 Å². The van der Waals surface area contributed by atoms with Gasteiger partial charge in [-0.1, -0.05) is 30.3 Å². The summed E-state index contributed by atoms with van der Waals surface area (Å²) in [7, 11) is -3.13. The molecule has 156 valence electrons. The molecule has 0 unspecified atom stereocenters. The molecule has 6 heteroatoms. The van der Waals surface area contributed by atoms with Gasteiger partial charge in [0.2, 0.25) is 0 Å². The molecule has 5 nitrogen and oxygen atoms in total. The molecule has 0 saturated heterocycles. The molecule has 0 aliphatic heterocycles. The summed E-state index contributed by atoms with van der Waals surface area (Å²) in [5.74, 6) is 0.614. The van der Waals surface area contributed by atoms with Crippen LogP contribution in [0.15, 0.2) is 29.4 Å². The van der Waals surface area contributed by atoms with E-state index in [1.165, 1.54) is 0 Å². The normalized spacial score (nSPS) is 21.5. The molecule has 2 rings (SSSR count). The molecule has 0 aromatic heterocycles. The number of hydrogen-bond donors (Lipinski definition) is 1. The second-order valence-electron chi connectivity index (χ2n) is 8.64.